The number of esters is 1. The summed E-state index contributed by atoms with van der Waals surface area (Å²) >= 11 is 1.27. The SMILES string of the molecule is C=CCn1c(SCC(=O)N[C@H](C(=O)OC)[C@@H](C)CC)nnc1-c1ccccc1. The molecular formula is C20H26N4O3S. The van der Waals surface area contributed by atoms with Crippen LogP contribution in [0.1, 0.15) is 20.3 Å². The number of amides is 1. The van der Waals surface area contributed by atoms with Gasteiger partial charge in [0.25, 0.3) is 0 Å². The van der Waals surface area contributed by atoms with Crippen LogP contribution in [0.25, 0.3) is 11.4 Å². The lowest BCUT2D eigenvalue weighted by molar-refractivity contribution is -0.146. The topological polar surface area (TPSA) is 86.1 Å². The molecule has 1 heterocycles. The number of nitrogens with one attached hydrogen (secondary N) is 1. The smallest absolute Gasteiger partial charge is 0.328 e. The van der Waals surface area contributed by atoms with Gasteiger partial charge < -0.3 is 10.1 Å². The molecule has 0 fully saturated rings. The van der Waals surface area contributed by atoms with Gasteiger partial charge in [0.05, 0.1) is 12.9 Å². The standard InChI is InChI=1S/C20H26N4O3S/c1-5-12-24-18(15-10-8-7-9-11-15)22-23-20(24)28-13-16(25)21-17(14(3)6-2)19(26)27-4/h5,7-11,14,17H,1,6,12-13H2,2-4H3,(H,21,25)/t14-,17-/m0/s1. The summed E-state index contributed by atoms with van der Waals surface area (Å²) in [5.74, 6) is 0.128. The average molecular weight is 403 g/mol. The number of hydrogen-bond donors (Lipinski definition) is 1. The number of ether oxygens (including phenoxy) is 1. The van der Waals surface area contributed by atoms with Crippen LogP contribution in [0, 0.1) is 5.92 Å². The number of methoxy groups -OCH3 is 1. The Hall–Kier alpha value is -2.61. The molecule has 1 aromatic carbocycles. The number of carbonyl (C=O) groups excluding carboxylic acids is 2. The van der Waals surface area contributed by atoms with Crippen molar-refractivity contribution in [3.63, 3.8) is 0 Å². The summed E-state index contributed by atoms with van der Waals surface area (Å²) in [4.78, 5) is 24.3. The average Bonchev–Trinajstić information content (AvgIpc) is 3.12. The van der Waals surface area contributed by atoms with E-state index in [1.807, 2.05) is 48.7 Å². The third-order valence-corrected chi connectivity index (χ3v) is 5.34. The molecule has 7 nitrogen and oxygen atoms in total. The van der Waals surface area contributed by atoms with Crippen LogP contribution >= 0.6 is 11.8 Å². The van der Waals surface area contributed by atoms with Crippen molar-refractivity contribution in [1.29, 1.82) is 0 Å². The van der Waals surface area contributed by atoms with E-state index in [0.717, 1.165) is 17.8 Å². The minimum Gasteiger partial charge on any atom is -0.467 e. The summed E-state index contributed by atoms with van der Waals surface area (Å²) in [6.07, 6.45) is 2.51. The Balaban J connectivity index is 2.09. The highest BCUT2D eigenvalue weighted by molar-refractivity contribution is 7.99. The summed E-state index contributed by atoms with van der Waals surface area (Å²) < 4.78 is 6.71. The molecule has 8 heteroatoms. The zero-order chi connectivity index (χ0) is 20.5. The maximum atomic E-state index is 12.4. The third-order valence-electron chi connectivity index (χ3n) is 4.38. The molecule has 0 radical (unpaired) electrons. The lowest BCUT2D eigenvalue weighted by Gasteiger charge is -2.21. The van der Waals surface area contributed by atoms with Gasteiger partial charge in [-0.1, -0.05) is 68.4 Å². The number of allylic oxidation sites excluding steroid dienone is 1. The normalized spacial score (nSPS) is 12.8. The Morgan fingerprint density at radius 3 is 2.64 bits per heavy atom. The van der Waals surface area contributed by atoms with E-state index in [2.05, 4.69) is 22.1 Å². The second kappa shape index (κ2) is 10.7. The number of rotatable bonds is 10. The number of thioether (sulfide) groups is 1. The van der Waals surface area contributed by atoms with Gasteiger partial charge >= 0.3 is 5.97 Å². The van der Waals surface area contributed by atoms with Crippen molar-refractivity contribution < 1.29 is 14.3 Å². The first kappa shape index (κ1) is 21.7. The van der Waals surface area contributed by atoms with Crippen molar-refractivity contribution >= 4 is 23.6 Å². The van der Waals surface area contributed by atoms with Crippen molar-refractivity contribution in [2.45, 2.75) is 38.0 Å². The molecular weight excluding hydrogens is 376 g/mol. The van der Waals surface area contributed by atoms with Crippen LogP contribution in [0.5, 0.6) is 0 Å². The van der Waals surface area contributed by atoms with Gasteiger partial charge in [-0.15, -0.1) is 16.8 Å². The van der Waals surface area contributed by atoms with Gasteiger partial charge in [-0.2, -0.15) is 0 Å². The molecule has 0 bridgehead atoms. The van der Waals surface area contributed by atoms with Crippen molar-refractivity contribution in [2.24, 2.45) is 5.92 Å². The van der Waals surface area contributed by atoms with Crippen LogP contribution in [0.3, 0.4) is 0 Å². The van der Waals surface area contributed by atoms with Gasteiger partial charge in [0.2, 0.25) is 5.91 Å². The fourth-order valence-electron chi connectivity index (χ4n) is 2.63. The molecule has 0 saturated carbocycles. The summed E-state index contributed by atoms with van der Waals surface area (Å²) in [7, 11) is 1.32. The zero-order valence-electron chi connectivity index (χ0n) is 16.4. The van der Waals surface area contributed by atoms with Crippen molar-refractivity contribution in [3.05, 3.63) is 43.0 Å². The van der Waals surface area contributed by atoms with E-state index in [4.69, 9.17) is 4.74 Å². The lowest BCUT2D eigenvalue weighted by Crippen LogP contribution is -2.46. The Bertz CT molecular complexity index is 807. The predicted molar refractivity (Wildman–Crippen MR) is 110 cm³/mol. The molecule has 0 spiro atoms. The van der Waals surface area contributed by atoms with Crippen LogP contribution < -0.4 is 5.32 Å². The van der Waals surface area contributed by atoms with Gasteiger partial charge in [-0.3, -0.25) is 9.36 Å². The van der Waals surface area contributed by atoms with E-state index in [1.165, 1.54) is 18.9 Å². The largest absolute Gasteiger partial charge is 0.467 e. The number of hydrogen-bond acceptors (Lipinski definition) is 6. The molecule has 1 aromatic heterocycles. The zero-order valence-corrected chi connectivity index (χ0v) is 17.2. The minimum atomic E-state index is -0.658. The molecule has 28 heavy (non-hydrogen) atoms. The van der Waals surface area contributed by atoms with E-state index < -0.39 is 12.0 Å². The number of benzene rings is 1. The highest BCUT2D eigenvalue weighted by atomic mass is 32.2. The predicted octanol–water partition coefficient (Wildman–Crippen LogP) is 2.93. The first-order valence-corrected chi connectivity index (χ1v) is 10.1. The van der Waals surface area contributed by atoms with E-state index in [9.17, 15) is 9.59 Å². The molecule has 2 rings (SSSR count). The van der Waals surface area contributed by atoms with Crippen molar-refractivity contribution in [2.75, 3.05) is 12.9 Å². The first-order valence-electron chi connectivity index (χ1n) is 9.11. The highest BCUT2D eigenvalue weighted by Crippen LogP contribution is 2.24. The quantitative estimate of drug-likeness (QED) is 0.374. The van der Waals surface area contributed by atoms with E-state index in [0.29, 0.717) is 11.7 Å². The Kier molecular flexibility index (Phi) is 8.25. The third kappa shape index (κ3) is 5.45. The summed E-state index contributed by atoms with van der Waals surface area (Å²) in [5.41, 5.74) is 0.940. The fraction of sp³-hybridized carbons (Fsp3) is 0.400. The minimum absolute atomic E-state index is 0.0181. The highest BCUT2D eigenvalue weighted by Gasteiger charge is 2.26. The number of carbonyl (C=O) groups is 2. The van der Waals surface area contributed by atoms with Crippen LogP contribution in [-0.2, 0) is 20.9 Å². The Morgan fingerprint density at radius 2 is 2.04 bits per heavy atom. The second-order valence-corrected chi connectivity index (χ2v) is 7.26. The summed E-state index contributed by atoms with van der Waals surface area (Å²) in [6, 6.07) is 9.06. The van der Waals surface area contributed by atoms with E-state index in [1.54, 1.807) is 6.08 Å². The molecule has 2 atom stereocenters. The summed E-state index contributed by atoms with van der Waals surface area (Å²) in [6.45, 7) is 8.18. The fourth-order valence-corrected chi connectivity index (χ4v) is 3.39. The van der Waals surface area contributed by atoms with Crippen LogP contribution in [0.4, 0.5) is 0 Å². The second-order valence-electron chi connectivity index (χ2n) is 6.31. The van der Waals surface area contributed by atoms with E-state index in [-0.39, 0.29) is 17.6 Å². The molecule has 0 saturated heterocycles. The molecule has 2 aromatic rings. The molecule has 150 valence electrons. The lowest BCUT2D eigenvalue weighted by atomic mass is 9.99. The number of nitrogens with zero attached hydrogens (tertiary/aromatic N) is 3. The van der Waals surface area contributed by atoms with Gasteiger partial charge in [0.15, 0.2) is 11.0 Å². The van der Waals surface area contributed by atoms with Gasteiger partial charge in [0, 0.05) is 12.1 Å². The molecule has 0 aliphatic carbocycles. The van der Waals surface area contributed by atoms with Crippen molar-refractivity contribution in [3.8, 4) is 11.4 Å². The van der Waals surface area contributed by atoms with Crippen molar-refractivity contribution in [1.82, 2.24) is 20.1 Å². The molecule has 0 aliphatic heterocycles. The van der Waals surface area contributed by atoms with Gasteiger partial charge in [0.1, 0.15) is 6.04 Å². The molecule has 1 amide bonds. The number of aromatic nitrogens is 3. The van der Waals surface area contributed by atoms with Crippen LogP contribution in [0.2, 0.25) is 0 Å². The maximum absolute atomic E-state index is 12.4. The maximum Gasteiger partial charge on any atom is 0.328 e. The van der Waals surface area contributed by atoms with E-state index >= 15 is 0 Å². The van der Waals surface area contributed by atoms with Gasteiger partial charge in [-0.05, 0) is 5.92 Å². The molecule has 1 N–H and O–H groups in total. The first-order chi connectivity index (χ1) is 13.5. The van der Waals surface area contributed by atoms with Crippen LogP contribution in [-0.4, -0.2) is 45.5 Å². The molecule has 0 unspecified atom stereocenters. The summed E-state index contributed by atoms with van der Waals surface area (Å²) in [5, 5.41) is 11.9. The Labute approximate surface area is 169 Å². The Morgan fingerprint density at radius 1 is 1.32 bits per heavy atom. The van der Waals surface area contributed by atoms with Crippen LogP contribution in [0.15, 0.2) is 48.1 Å². The monoisotopic (exact) mass is 402 g/mol. The van der Waals surface area contributed by atoms with Gasteiger partial charge in [-0.25, -0.2) is 4.79 Å². The molecule has 0 aliphatic rings.